The van der Waals surface area contributed by atoms with Gasteiger partial charge in [-0.15, -0.1) is 0 Å². The molecule has 7 nitrogen and oxygen atoms in total. The van der Waals surface area contributed by atoms with Gasteiger partial charge in [-0.2, -0.15) is 0 Å². The molecule has 0 bridgehead atoms. The Hall–Kier alpha value is -3.35. The fourth-order valence-corrected chi connectivity index (χ4v) is 2.62. The molecule has 0 aliphatic carbocycles. The van der Waals surface area contributed by atoms with Crippen molar-refractivity contribution in [2.75, 3.05) is 18.5 Å². The van der Waals surface area contributed by atoms with Crippen LogP contribution in [0.15, 0.2) is 53.2 Å². The third kappa shape index (κ3) is 4.68. The molecule has 146 valence electrons. The predicted octanol–water partition coefficient (Wildman–Crippen LogP) is 4.57. The van der Waals surface area contributed by atoms with Crippen molar-refractivity contribution in [3.8, 4) is 22.8 Å². The lowest BCUT2D eigenvalue weighted by atomic mass is 10.1. The lowest BCUT2D eigenvalue weighted by Gasteiger charge is -2.10. The third-order valence-corrected chi connectivity index (χ3v) is 4.05. The highest BCUT2D eigenvalue weighted by molar-refractivity contribution is 6.07. The molecule has 3 aromatic rings. The number of rotatable bonds is 9. The molecule has 0 spiro atoms. The summed E-state index contributed by atoms with van der Waals surface area (Å²) in [4.78, 5) is 12.8. The molecule has 1 aromatic heterocycles. The number of ether oxygens (including phenoxy) is 2. The van der Waals surface area contributed by atoms with Crippen molar-refractivity contribution in [1.82, 2.24) is 10.3 Å². The monoisotopic (exact) mass is 381 g/mol. The molecule has 1 amide bonds. The maximum atomic E-state index is 12.8. The van der Waals surface area contributed by atoms with Gasteiger partial charge in [-0.25, -0.2) is 4.63 Å². The summed E-state index contributed by atoms with van der Waals surface area (Å²) in [5.41, 5.74) is 1.63. The first-order valence-corrected chi connectivity index (χ1v) is 9.32. The van der Waals surface area contributed by atoms with E-state index in [1.54, 1.807) is 18.2 Å². The molecule has 3 rings (SSSR count). The number of para-hydroxylation sites is 1. The number of benzene rings is 2. The van der Waals surface area contributed by atoms with Gasteiger partial charge in [-0.1, -0.05) is 25.5 Å². The SMILES string of the molecule is CCCCOc1ccccc1C(=O)Nc1nonc1-c1ccc(OCC)cc1. The first-order chi connectivity index (χ1) is 13.7. The first-order valence-electron chi connectivity index (χ1n) is 9.32. The number of amides is 1. The van der Waals surface area contributed by atoms with E-state index in [4.69, 9.17) is 14.1 Å². The van der Waals surface area contributed by atoms with Crippen LogP contribution < -0.4 is 14.8 Å². The van der Waals surface area contributed by atoms with Gasteiger partial charge in [0.2, 0.25) is 5.82 Å². The van der Waals surface area contributed by atoms with Gasteiger partial charge in [-0.3, -0.25) is 4.79 Å². The number of hydrogen-bond acceptors (Lipinski definition) is 6. The summed E-state index contributed by atoms with van der Waals surface area (Å²) in [5, 5.41) is 10.5. The van der Waals surface area contributed by atoms with E-state index in [2.05, 4.69) is 22.6 Å². The van der Waals surface area contributed by atoms with Gasteiger partial charge in [0.25, 0.3) is 5.91 Å². The summed E-state index contributed by atoms with van der Waals surface area (Å²) in [6.45, 7) is 5.16. The average Bonchev–Trinajstić information content (AvgIpc) is 3.17. The standard InChI is InChI=1S/C21H23N3O4/c1-3-5-14-27-18-9-7-6-8-17(18)21(25)22-20-19(23-28-24-20)15-10-12-16(13-11-15)26-4-2/h6-13H,3-5,14H2,1-2H3,(H,22,24,25). The van der Waals surface area contributed by atoms with Crippen LogP contribution in [0.4, 0.5) is 5.82 Å². The molecule has 1 heterocycles. The quantitative estimate of drug-likeness (QED) is 0.547. The highest BCUT2D eigenvalue weighted by Crippen LogP contribution is 2.27. The van der Waals surface area contributed by atoms with Crippen molar-refractivity contribution < 1.29 is 18.9 Å². The van der Waals surface area contributed by atoms with E-state index >= 15 is 0 Å². The van der Waals surface area contributed by atoms with Crippen LogP contribution in [0, 0.1) is 0 Å². The Morgan fingerprint density at radius 3 is 2.57 bits per heavy atom. The molecule has 7 heteroatoms. The van der Waals surface area contributed by atoms with E-state index in [0.29, 0.717) is 30.2 Å². The van der Waals surface area contributed by atoms with Gasteiger partial charge in [0.15, 0.2) is 5.69 Å². The van der Waals surface area contributed by atoms with Gasteiger partial charge in [0, 0.05) is 5.56 Å². The average molecular weight is 381 g/mol. The van der Waals surface area contributed by atoms with Gasteiger partial charge in [0.1, 0.15) is 11.5 Å². The molecule has 0 unspecified atom stereocenters. The van der Waals surface area contributed by atoms with Crippen LogP contribution in [0.2, 0.25) is 0 Å². The number of hydrogen-bond donors (Lipinski definition) is 1. The third-order valence-electron chi connectivity index (χ3n) is 4.05. The summed E-state index contributed by atoms with van der Waals surface area (Å²) < 4.78 is 16.0. The van der Waals surface area contributed by atoms with E-state index in [0.717, 1.165) is 24.2 Å². The maximum Gasteiger partial charge on any atom is 0.260 e. The first kappa shape index (κ1) is 19.4. The largest absolute Gasteiger partial charge is 0.494 e. The zero-order valence-electron chi connectivity index (χ0n) is 16.0. The van der Waals surface area contributed by atoms with Crippen molar-refractivity contribution in [3.63, 3.8) is 0 Å². The molecule has 1 N–H and O–H groups in total. The molecular weight excluding hydrogens is 358 g/mol. The minimum atomic E-state index is -0.338. The van der Waals surface area contributed by atoms with Crippen LogP contribution in [0.3, 0.4) is 0 Å². The van der Waals surface area contributed by atoms with E-state index in [1.165, 1.54) is 0 Å². The zero-order valence-corrected chi connectivity index (χ0v) is 16.0. The Balaban J connectivity index is 1.77. The number of nitrogens with zero attached hydrogens (tertiary/aromatic N) is 2. The normalized spacial score (nSPS) is 10.5. The lowest BCUT2D eigenvalue weighted by Crippen LogP contribution is -2.14. The van der Waals surface area contributed by atoms with Crippen LogP contribution in [-0.2, 0) is 0 Å². The number of unbranched alkanes of at least 4 members (excludes halogenated alkanes) is 1. The predicted molar refractivity (Wildman–Crippen MR) is 106 cm³/mol. The molecule has 0 aliphatic heterocycles. The van der Waals surface area contributed by atoms with Gasteiger partial charge in [-0.05, 0) is 60.1 Å². The van der Waals surface area contributed by atoms with Crippen LogP contribution in [0.1, 0.15) is 37.0 Å². The second-order valence-corrected chi connectivity index (χ2v) is 6.07. The summed E-state index contributed by atoms with van der Waals surface area (Å²) in [6.07, 6.45) is 1.94. The smallest absolute Gasteiger partial charge is 0.260 e. The van der Waals surface area contributed by atoms with Crippen LogP contribution in [0.25, 0.3) is 11.3 Å². The summed E-state index contributed by atoms with van der Waals surface area (Å²) in [7, 11) is 0. The Morgan fingerprint density at radius 2 is 1.82 bits per heavy atom. The molecule has 0 aliphatic rings. The van der Waals surface area contributed by atoms with Crippen molar-refractivity contribution in [1.29, 1.82) is 0 Å². The summed E-state index contributed by atoms with van der Waals surface area (Å²) in [6, 6.07) is 14.4. The number of carbonyl (C=O) groups is 1. The number of carbonyl (C=O) groups excluding carboxylic acids is 1. The van der Waals surface area contributed by atoms with Gasteiger partial charge in [0.05, 0.1) is 18.8 Å². The highest BCUT2D eigenvalue weighted by atomic mass is 16.6. The van der Waals surface area contributed by atoms with E-state index in [1.807, 2.05) is 37.3 Å². The number of aromatic nitrogens is 2. The molecule has 0 saturated carbocycles. The minimum Gasteiger partial charge on any atom is -0.494 e. The Morgan fingerprint density at radius 1 is 1.04 bits per heavy atom. The molecule has 0 atom stereocenters. The van der Waals surface area contributed by atoms with Gasteiger partial charge >= 0.3 is 0 Å². The van der Waals surface area contributed by atoms with Crippen molar-refractivity contribution in [2.24, 2.45) is 0 Å². The van der Waals surface area contributed by atoms with E-state index in [9.17, 15) is 4.79 Å². The summed E-state index contributed by atoms with van der Waals surface area (Å²) >= 11 is 0. The molecular formula is C21H23N3O4. The van der Waals surface area contributed by atoms with Crippen LogP contribution in [-0.4, -0.2) is 29.4 Å². The molecule has 2 aromatic carbocycles. The fraction of sp³-hybridized carbons (Fsp3) is 0.286. The molecule has 0 fully saturated rings. The second-order valence-electron chi connectivity index (χ2n) is 6.07. The molecule has 28 heavy (non-hydrogen) atoms. The molecule has 0 saturated heterocycles. The fourth-order valence-electron chi connectivity index (χ4n) is 2.62. The van der Waals surface area contributed by atoms with Crippen LogP contribution in [0.5, 0.6) is 11.5 Å². The Bertz CT molecular complexity index is 906. The van der Waals surface area contributed by atoms with Crippen molar-refractivity contribution >= 4 is 11.7 Å². The van der Waals surface area contributed by atoms with Crippen molar-refractivity contribution in [3.05, 3.63) is 54.1 Å². The summed E-state index contributed by atoms with van der Waals surface area (Å²) in [5.74, 6) is 1.20. The van der Waals surface area contributed by atoms with Crippen molar-refractivity contribution in [2.45, 2.75) is 26.7 Å². The number of nitrogens with one attached hydrogen (secondary N) is 1. The van der Waals surface area contributed by atoms with Gasteiger partial charge < -0.3 is 14.8 Å². The second kappa shape index (κ2) is 9.55. The van der Waals surface area contributed by atoms with Crippen LogP contribution >= 0.6 is 0 Å². The zero-order chi connectivity index (χ0) is 19.8. The number of anilines is 1. The Labute approximate surface area is 163 Å². The minimum absolute atomic E-state index is 0.248. The Kier molecular flexibility index (Phi) is 6.62. The lowest BCUT2D eigenvalue weighted by molar-refractivity contribution is 0.102. The maximum absolute atomic E-state index is 12.8. The molecule has 0 radical (unpaired) electrons. The topological polar surface area (TPSA) is 86.5 Å². The van der Waals surface area contributed by atoms with E-state index < -0.39 is 0 Å². The highest BCUT2D eigenvalue weighted by Gasteiger charge is 2.18. The van der Waals surface area contributed by atoms with E-state index in [-0.39, 0.29) is 11.7 Å².